The number of furan rings is 1. The lowest BCUT2D eigenvalue weighted by molar-refractivity contribution is 0.669. The summed E-state index contributed by atoms with van der Waals surface area (Å²) >= 11 is 0. The van der Waals surface area contributed by atoms with Gasteiger partial charge >= 0.3 is 0 Å². The van der Waals surface area contributed by atoms with Crippen LogP contribution < -0.4 is 0 Å². The van der Waals surface area contributed by atoms with E-state index in [1.165, 1.54) is 27.8 Å². The number of fused-ring (bicyclic) bond motifs is 6. The summed E-state index contributed by atoms with van der Waals surface area (Å²) in [6, 6.07) is 62.1. The Balaban J connectivity index is 1.16. The fourth-order valence-electron chi connectivity index (χ4n) is 8.03. The summed E-state index contributed by atoms with van der Waals surface area (Å²) < 4.78 is 6.30. The van der Waals surface area contributed by atoms with Crippen LogP contribution in [0.15, 0.2) is 180 Å². The van der Waals surface area contributed by atoms with Crippen molar-refractivity contribution in [3.63, 3.8) is 0 Å². The van der Waals surface area contributed by atoms with Gasteiger partial charge in [-0.05, 0) is 76.2 Å². The molecule has 1 aliphatic carbocycles. The van der Waals surface area contributed by atoms with Gasteiger partial charge in [-0.15, -0.1) is 0 Å². The van der Waals surface area contributed by atoms with Gasteiger partial charge in [-0.1, -0.05) is 146 Å². The van der Waals surface area contributed by atoms with Crippen molar-refractivity contribution in [3.05, 3.63) is 193 Å². The number of hydrogen-bond acceptors (Lipinski definition) is 3. The molecule has 2 aromatic heterocycles. The smallest absolute Gasteiger partial charge is 0.160 e. The average Bonchev–Trinajstić information content (AvgIpc) is 3.71. The molecule has 2 heterocycles. The third-order valence-electron chi connectivity index (χ3n) is 10.6. The van der Waals surface area contributed by atoms with Crippen molar-refractivity contribution < 1.29 is 4.42 Å². The normalized spacial score (nSPS) is 14.8. The molecule has 7 aromatic carbocycles. The predicted octanol–water partition coefficient (Wildman–Crippen LogP) is 12.4. The van der Waals surface area contributed by atoms with E-state index in [-0.39, 0.29) is 5.41 Å². The highest BCUT2D eigenvalue weighted by Gasteiger charge is 2.40. The Bertz CT molecular complexity index is 2760. The minimum Gasteiger partial charge on any atom is -0.456 e. The summed E-state index contributed by atoms with van der Waals surface area (Å²) in [4.78, 5) is 10.5. The molecular formula is C48H32N2O. The van der Waals surface area contributed by atoms with Gasteiger partial charge in [-0.25, -0.2) is 9.97 Å². The second kappa shape index (κ2) is 11.5. The van der Waals surface area contributed by atoms with Gasteiger partial charge < -0.3 is 4.42 Å². The Labute approximate surface area is 296 Å². The summed E-state index contributed by atoms with van der Waals surface area (Å²) in [6.07, 6.45) is 0. The van der Waals surface area contributed by atoms with E-state index in [1.54, 1.807) is 0 Å². The first kappa shape index (κ1) is 29.3. The van der Waals surface area contributed by atoms with Crippen LogP contribution in [0.4, 0.5) is 0 Å². The molecule has 9 aromatic rings. The lowest BCUT2D eigenvalue weighted by Crippen LogP contribution is -2.22. The molecule has 51 heavy (non-hydrogen) atoms. The van der Waals surface area contributed by atoms with Crippen molar-refractivity contribution in [1.82, 2.24) is 9.97 Å². The standard InChI is InChI=1S/C48H32N2O/c1-48(34-16-6-3-7-17-34)41-22-12-10-19-36(41)37-26-25-33(28-42(37)48)43-30-44(50-47(49-43)31-14-4-2-5-15-31)38-20-9-8-18-35(38)32-24-27-40-39-21-11-13-23-45(39)51-46(40)29-32/h2-30H,1H3. The van der Waals surface area contributed by atoms with Crippen LogP contribution in [0.3, 0.4) is 0 Å². The topological polar surface area (TPSA) is 38.9 Å². The molecule has 0 saturated carbocycles. The lowest BCUT2D eigenvalue weighted by Gasteiger charge is -2.28. The number of nitrogens with zero attached hydrogens (tertiary/aromatic N) is 2. The molecule has 10 rings (SSSR count). The van der Waals surface area contributed by atoms with E-state index >= 15 is 0 Å². The van der Waals surface area contributed by atoms with Crippen LogP contribution in [0.2, 0.25) is 0 Å². The van der Waals surface area contributed by atoms with E-state index in [1.807, 2.05) is 30.3 Å². The van der Waals surface area contributed by atoms with E-state index in [0.717, 1.165) is 61.1 Å². The minimum atomic E-state index is -0.302. The lowest BCUT2D eigenvalue weighted by atomic mass is 9.74. The summed E-state index contributed by atoms with van der Waals surface area (Å²) in [5, 5.41) is 2.24. The van der Waals surface area contributed by atoms with E-state index in [9.17, 15) is 0 Å². The number of benzene rings is 7. The average molecular weight is 653 g/mol. The summed E-state index contributed by atoms with van der Waals surface area (Å²) in [5.74, 6) is 0.695. The van der Waals surface area contributed by atoms with Gasteiger partial charge in [0.05, 0.1) is 11.4 Å². The maximum Gasteiger partial charge on any atom is 0.160 e. The molecule has 3 heteroatoms. The van der Waals surface area contributed by atoms with E-state index in [2.05, 4.69) is 153 Å². The minimum absolute atomic E-state index is 0.302. The van der Waals surface area contributed by atoms with Gasteiger partial charge in [-0.3, -0.25) is 0 Å². The fourth-order valence-corrected chi connectivity index (χ4v) is 8.03. The molecule has 0 aliphatic heterocycles. The molecule has 3 nitrogen and oxygen atoms in total. The van der Waals surface area contributed by atoms with Crippen molar-refractivity contribution in [2.45, 2.75) is 12.3 Å². The zero-order chi connectivity index (χ0) is 33.9. The maximum atomic E-state index is 6.30. The Kier molecular flexibility index (Phi) is 6.62. The molecule has 0 fully saturated rings. The number of hydrogen-bond donors (Lipinski definition) is 0. The Morgan fingerprint density at radius 2 is 1.04 bits per heavy atom. The van der Waals surface area contributed by atoms with Crippen LogP contribution in [0.5, 0.6) is 0 Å². The largest absolute Gasteiger partial charge is 0.456 e. The number of rotatable bonds is 5. The monoisotopic (exact) mass is 652 g/mol. The van der Waals surface area contributed by atoms with Crippen LogP contribution in [-0.4, -0.2) is 9.97 Å². The first-order valence-electron chi connectivity index (χ1n) is 17.4. The second-order valence-corrected chi connectivity index (χ2v) is 13.5. The first-order valence-corrected chi connectivity index (χ1v) is 17.4. The van der Waals surface area contributed by atoms with Crippen molar-refractivity contribution in [1.29, 1.82) is 0 Å². The first-order chi connectivity index (χ1) is 25.1. The number of aromatic nitrogens is 2. The van der Waals surface area contributed by atoms with Crippen LogP contribution >= 0.6 is 0 Å². The molecule has 0 spiro atoms. The van der Waals surface area contributed by atoms with Gasteiger partial charge in [-0.2, -0.15) is 0 Å². The molecule has 0 amide bonds. The van der Waals surface area contributed by atoms with Crippen molar-refractivity contribution >= 4 is 21.9 Å². The van der Waals surface area contributed by atoms with E-state index < -0.39 is 0 Å². The fraction of sp³-hybridized carbons (Fsp3) is 0.0417. The highest BCUT2D eigenvalue weighted by Crippen LogP contribution is 2.53. The molecule has 0 saturated heterocycles. The van der Waals surface area contributed by atoms with Crippen LogP contribution in [0.25, 0.3) is 78.1 Å². The molecule has 0 bridgehead atoms. The van der Waals surface area contributed by atoms with Gasteiger partial charge in [0.1, 0.15) is 11.2 Å². The van der Waals surface area contributed by atoms with E-state index in [0.29, 0.717) is 5.82 Å². The van der Waals surface area contributed by atoms with Gasteiger partial charge in [0.2, 0.25) is 0 Å². The van der Waals surface area contributed by atoms with E-state index in [4.69, 9.17) is 14.4 Å². The third-order valence-corrected chi connectivity index (χ3v) is 10.6. The van der Waals surface area contributed by atoms with Crippen molar-refractivity contribution in [3.8, 4) is 56.2 Å². The molecule has 1 aliphatic rings. The molecule has 0 N–H and O–H groups in total. The highest BCUT2D eigenvalue weighted by atomic mass is 16.3. The quantitative estimate of drug-likeness (QED) is 0.186. The third kappa shape index (κ3) is 4.66. The molecular weight excluding hydrogens is 621 g/mol. The van der Waals surface area contributed by atoms with Crippen LogP contribution in [-0.2, 0) is 5.41 Å². The molecule has 240 valence electrons. The Hall–Kier alpha value is -6.58. The van der Waals surface area contributed by atoms with Crippen LogP contribution in [0, 0.1) is 0 Å². The maximum absolute atomic E-state index is 6.30. The zero-order valence-electron chi connectivity index (χ0n) is 28.0. The zero-order valence-corrected chi connectivity index (χ0v) is 28.0. The highest BCUT2D eigenvalue weighted by molar-refractivity contribution is 6.06. The SMILES string of the molecule is CC1(c2ccccc2)c2ccccc2-c2ccc(-c3cc(-c4ccccc4-c4ccc5c(c4)oc4ccccc45)nc(-c4ccccc4)n3)cc21. The Morgan fingerprint density at radius 3 is 1.88 bits per heavy atom. The molecule has 0 radical (unpaired) electrons. The second-order valence-electron chi connectivity index (χ2n) is 13.5. The summed E-state index contributed by atoms with van der Waals surface area (Å²) in [6.45, 7) is 2.35. The van der Waals surface area contributed by atoms with Gasteiger partial charge in [0.25, 0.3) is 0 Å². The molecule has 1 unspecified atom stereocenters. The van der Waals surface area contributed by atoms with Crippen LogP contribution in [0.1, 0.15) is 23.6 Å². The van der Waals surface area contributed by atoms with Gasteiger partial charge in [0, 0.05) is 32.9 Å². The molecule has 1 atom stereocenters. The van der Waals surface area contributed by atoms with Crippen molar-refractivity contribution in [2.24, 2.45) is 0 Å². The van der Waals surface area contributed by atoms with Gasteiger partial charge in [0.15, 0.2) is 5.82 Å². The summed E-state index contributed by atoms with van der Waals surface area (Å²) in [5.41, 5.74) is 14.9. The van der Waals surface area contributed by atoms with Crippen molar-refractivity contribution in [2.75, 3.05) is 0 Å². The number of para-hydroxylation sites is 1. The summed E-state index contributed by atoms with van der Waals surface area (Å²) in [7, 11) is 0. The predicted molar refractivity (Wildman–Crippen MR) is 208 cm³/mol. The Morgan fingerprint density at radius 1 is 0.412 bits per heavy atom.